The summed E-state index contributed by atoms with van der Waals surface area (Å²) in [6, 6.07) is 0. The lowest BCUT2D eigenvalue weighted by Crippen LogP contribution is -2.08. The first kappa shape index (κ1) is 9.85. The molecular weight excluding hydrogens is 194 g/mol. The van der Waals surface area contributed by atoms with Crippen molar-refractivity contribution in [2.24, 2.45) is 0 Å². The van der Waals surface area contributed by atoms with Gasteiger partial charge in [-0.05, 0) is 6.92 Å². The van der Waals surface area contributed by atoms with E-state index in [0.717, 1.165) is 6.26 Å². The molecule has 1 aromatic heterocycles. The van der Waals surface area contributed by atoms with E-state index in [0.29, 0.717) is 5.69 Å². The van der Waals surface area contributed by atoms with Gasteiger partial charge in [0.05, 0.1) is 7.11 Å². The van der Waals surface area contributed by atoms with Crippen LogP contribution in [0.25, 0.3) is 0 Å². The summed E-state index contributed by atoms with van der Waals surface area (Å²) in [4.78, 5) is 3.68. The molecule has 1 aromatic rings. The van der Waals surface area contributed by atoms with Gasteiger partial charge in [-0.1, -0.05) is 0 Å². The maximum Gasteiger partial charge on any atom is 0.270 e. The molecule has 0 atom stereocenters. The van der Waals surface area contributed by atoms with Gasteiger partial charge in [0.15, 0.2) is 0 Å². The van der Waals surface area contributed by atoms with Crippen molar-refractivity contribution in [2.45, 2.75) is 12.1 Å². The van der Waals surface area contributed by atoms with Crippen molar-refractivity contribution in [1.29, 1.82) is 0 Å². The van der Waals surface area contributed by atoms with Crippen LogP contribution < -0.4 is 4.74 Å². The van der Waals surface area contributed by atoms with E-state index in [1.165, 1.54) is 7.11 Å². The summed E-state index contributed by atoms with van der Waals surface area (Å²) in [6.07, 6.45) is 1.01. The second kappa shape index (κ2) is 3.25. The zero-order chi connectivity index (χ0) is 10.1. The first-order chi connectivity index (χ1) is 5.95. The fraction of sp³-hybridized carbons (Fsp3) is 0.500. The number of sulfone groups is 1. The Bertz CT molecular complexity index is 415. The molecule has 1 rings (SSSR count). The van der Waals surface area contributed by atoms with Gasteiger partial charge in [0, 0.05) is 6.26 Å². The third-order valence-electron chi connectivity index (χ3n) is 1.32. The van der Waals surface area contributed by atoms with Crippen molar-refractivity contribution in [2.75, 3.05) is 13.4 Å². The summed E-state index contributed by atoms with van der Waals surface area (Å²) in [5, 5.41) is 6.70. The molecule has 0 aliphatic rings. The van der Waals surface area contributed by atoms with Gasteiger partial charge in [-0.25, -0.2) is 8.42 Å². The third-order valence-corrected chi connectivity index (χ3v) is 2.15. The number of hydrogen-bond acceptors (Lipinski definition) is 6. The van der Waals surface area contributed by atoms with Crippen molar-refractivity contribution >= 4 is 9.84 Å². The van der Waals surface area contributed by atoms with Crippen molar-refractivity contribution in [3.8, 4) is 5.88 Å². The van der Waals surface area contributed by atoms with Gasteiger partial charge >= 0.3 is 0 Å². The highest BCUT2D eigenvalue weighted by Gasteiger charge is 2.14. The monoisotopic (exact) mass is 203 g/mol. The largest absolute Gasteiger partial charge is 0.480 e. The van der Waals surface area contributed by atoms with Crippen LogP contribution in [-0.2, 0) is 9.84 Å². The van der Waals surface area contributed by atoms with Crippen LogP contribution >= 0.6 is 0 Å². The van der Waals surface area contributed by atoms with Crippen molar-refractivity contribution in [3.63, 3.8) is 0 Å². The number of aromatic nitrogens is 3. The maximum absolute atomic E-state index is 11.0. The van der Waals surface area contributed by atoms with Crippen LogP contribution in [0.1, 0.15) is 5.69 Å². The van der Waals surface area contributed by atoms with Gasteiger partial charge in [-0.2, -0.15) is 4.98 Å². The molecule has 0 fully saturated rings. The second-order valence-electron chi connectivity index (χ2n) is 2.46. The van der Waals surface area contributed by atoms with Gasteiger partial charge in [0.2, 0.25) is 15.7 Å². The van der Waals surface area contributed by atoms with Crippen molar-refractivity contribution in [1.82, 2.24) is 15.2 Å². The molecule has 72 valence electrons. The zero-order valence-corrected chi connectivity index (χ0v) is 8.29. The molecule has 0 aliphatic carbocycles. The molecule has 0 aromatic carbocycles. The predicted molar refractivity (Wildman–Crippen MR) is 44.2 cm³/mol. The predicted octanol–water partition coefficient (Wildman–Crippen LogP) is -0.408. The van der Waals surface area contributed by atoms with Crippen LogP contribution in [0.15, 0.2) is 5.16 Å². The molecule has 0 unspecified atom stereocenters. The second-order valence-corrected chi connectivity index (χ2v) is 4.37. The number of hydrogen-bond donors (Lipinski definition) is 0. The molecule has 0 saturated carbocycles. The molecule has 0 spiro atoms. The van der Waals surface area contributed by atoms with Crippen molar-refractivity contribution < 1.29 is 13.2 Å². The summed E-state index contributed by atoms with van der Waals surface area (Å²) in [5.41, 5.74) is 0.454. The van der Waals surface area contributed by atoms with E-state index in [2.05, 4.69) is 15.2 Å². The van der Waals surface area contributed by atoms with Crippen LogP contribution in [-0.4, -0.2) is 37.0 Å². The molecule has 0 aliphatic heterocycles. The first-order valence-corrected chi connectivity index (χ1v) is 5.29. The number of nitrogens with zero attached hydrogens (tertiary/aromatic N) is 3. The van der Waals surface area contributed by atoms with Crippen molar-refractivity contribution in [3.05, 3.63) is 5.69 Å². The Labute approximate surface area is 75.9 Å². The molecule has 0 radical (unpaired) electrons. The Morgan fingerprint density at radius 1 is 1.31 bits per heavy atom. The van der Waals surface area contributed by atoms with Gasteiger partial charge in [0.25, 0.3) is 5.16 Å². The highest BCUT2D eigenvalue weighted by atomic mass is 32.2. The molecule has 0 N–H and O–H groups in total. The SMILES string of the molecule is COc1nc(S(C)(=O)=O)nnc1C. The quantitative estimate of drug-likeness (QED) is 0.650. The highest BCUT2D eigenvalue weighted by Crippen LogP contribution is 2.11. The summed E-state index contributed by atoms with van der Waals surface area (Å²) in [7, 11) is -2.02. The minimum atomic E-state index is -3.42. The van der Waals surface area contributed by atoms with E-state index in [4.69, 9.17) is 4.74 Å². The molecule has 0 saturated heterocycles. The minimum Gasteiger partial charge on any atom is -0.480 e. The summed E-state index contributed by atoms with van der Waals surface area (Å²) in [5.74, 6) is 0.176. The zero-order valence-electron chi connectivity index (χ0n) is 7.47. The number of rotatable bonds is 2. The summed E-state index contributed by atoms with van der Waals surface area (Å²) in [6.45, 7) is 1.63. The molecule has 13 heavy (non-hydrogen) atoms. The Hall–Kier alpha value is -1.24. The summed E-state index contributed by atoms with van der Waals surface area (Å²) < 4.78 is 26.8. The smallest absolute Gasteiger partial charge is 0.270 e. The number of ether oxygens (including phenoxy) is 1. The third kappa shape index (κ3) is 2.11. The molecule has 6 nitrogen and oxygen atoms in total. The molecular formula is C6H9N3O3S. The first-order valence-electron chi connectivity index (χ1n) is 3.40. The van der Waals surface area contributed by atoms with E-state index in [1.807, 2.05) is 0 Å². The molecule has 1 heterocycles. The molecule has 0 bridgehead atoms. The Morgan fingerprint density at radius 2 is 1.92 bits per heavy atom. The van der Waals surface area contributed by atoms with Crippen LogP contribution in [0.2, 0.25) is 0 Å². The standard InChI is InChI=1S/C6H9N3O3S/c1-4-5(12-2)7-6(9-8-4)13(3,10)11/h1-3H3. The maximum atomic E-state index is 11.0. The Balaban J connectivity index is 3.30. The fourth-order valence-electron chi connectivity index (χ4n) is 0.701. The average Bonchev–Trinajstić information content (AvgIpc) is 2.03. The van der Waals surface area contributed by atoms with E-state index in [-0.39, 0.29) is 11.0 Å². The van der Waals surface area contributed by atoms with E-state index in [9.17, 15) is 8.42 Å². The lowest BCUT2D eigenvalue weighted by molar-refractivity contribution is 0.382. The van der Waals surface area contributed by atoms with E-state index < -0.39 is 9.84 Å². The van der Waals surface area contributed by atoms with Crippen LogP contribution in [0.3, 0.4) is 0 Å². The lowest BCUT2D eigenvalue weighted by atomic mass is 10.5. The van der Waals surface area contributed by atoms with Crippen LogP contribution in [0, 0.1) is 6.92 Å². The van der Waals surface area contributed by atoms with Crippen LogP contribution in [0.5, 0.6) is 5.88 Å². The minimum absolute atomic E-state index is 0.176. The van der Waals surface area contributed by atoms with E-state index in [1.54, 1.807) is 6.92 Å². The highest BCUT2D eigenvalue weighted by molar-refractivity contribution is 7.90. The van der Waals surface area contributed by atoms with Crippen LogP contribution in [0.4, 0.5) is 0 Å². The lowest BCUT2D eigenvalue weighted by Gasteiger charge is -2.01. The van der Waals surface area contributed by atoms with Gasteiger partial charge < -0.3 is 4.74 Å². The normalized spacial score (nSPS) is 11.3. The summed E-state index contributed by atoms with van der Waals surface area (Å²) >= 11 is 0. The van der Waals surface area contributed by atoms with Gasteiger partial charge in [0.1, 0.15) is 5.69 Å². The van der Waals surface area contributed by atoms with Gasteiger partial charge in [-0.15, -0.1) is 10.2 Å². The van der Waals surface area contributed by atoms with Gasteiger partial charge in [-0.3, -0.25) is 0 Å². The fourth-order valence-corrected chi connectivity index (χ4v) is 1.14. The Morgan fingerprint density at radius 3 is 2.38 bits per heavy atom. The average molecular weight is 203 g/mol. The Kier molecular flexibility index (Phi) is 2.46. The molecule has 7 heteroatoms. The number of aryl methyl sites for hydroxylation is 1. The number of methoxy groups -OCH3 is 1. The van der Waals surface area contributed by atoms with E-state index >= 15 is 0 Å². The topological polar surface area (TPSA) is 82.0 Å². The molecule has 0 amide bonds.